The first-order chi connectivity index (χ1) is 12.5. The predicted molar refractivity (Wildman–Crippen MR) is 99.7 cm³/mol. The van der Waals surface area contributed by atoms with Crippen molar-refractivity contribution in [3.05, 3.63) is 81.6 Å². The van der Waals surface area contributed by atoms with Gasteiger partial charge >= 0.3 is 0 Å². The zero-order chi connectivity index (χ0) is 18.7. The average molecular weight is 389 g/mol. The van der Waals surface area contributed by atoms with Crippen molar-refractivity contribution in [2.75, 3.05) is 0 Å². The number of rotatable bonds is 3. The van der Waals surface area contributed by atoms with Crippen molar-refractivity contribution in [2.24, 2.45) is 0 Å². The molecule has 0 fully saturated rings. The van der Waals surface area contributed by atoms with Crippen molar-refractivity contribution >= 4 is 35.0 Å². The van der Waals surface area contributed by atoms with E-state index >= 15 is 0 Å². The van der Waals surface area contributed by atoms with Crippen LogP contribution in [0.15, 0.2) is 54.7 Å². The smallest absolute Gasteiger partial charge is 0.267 e. The Morgan fingerprint density at radius 1 is 0.962 bits per heavy atom. The molecule has 0 bridgehead atoms. The fraction of sp³-hybridized carbons (Fsp3) is 0.0556. The first-order valence-corrected chi connectivity index (χ1v) is 8.38. The molecule has 26 heavy (non-hydrogen) atoms. The summed E-state index contributed by atoms with van der Waals surface area (Å²) in [5.74, 6) is -1.02. The monoisotopic (exact) mass is 388 g/mol. The maximum absolute atomic E-state index is 12.2. The molecule has 132 valence electrons. The standard InChI is InChI=1S/C18H14Cl2N4O2/c1-11-8-9-21-24(11)14-5-2-12(3-6-14)17(25)22-23-18(26)15-10-13(19)4-7-16(15)20/h2-10H,1H3,(H,22,25)(H,23,26). The van der Waals surface area contributed by atoms with Gasteiger partial charge in [0.05, 0.1) is 16.3 Å². The number of carbonyl (C=O) groups is 2. The fourth-order valence-corrected chi connectivity index (χ4v) is 2.69. The molecule has 0 aliphatic rings. The largest absolute Gasteiger partial charge is 0.271 e. The Labute approximate surface area is 159 Å². The number of hydrogen-bond acceptors (Lipinski definition) is 3. The Hall–Kier alpha value is -2.83. The minimum atomic E-state index is -0.561. The number of carbonyl (C=O) groups excluding carboxylic acids is 2. The summed E-state index contributed by atoms with van der Waals surface area (Å²) in [5, 5.41) is 4.81. The lowest BCUT2D eigenvalue weighted by Crippen LogP contribution is -2.41. The molecule has 0 spiro atoms. The molecule has 1 heterocycles. The molecule has 0 aliphatic carbocycles. The van der Waals surface area contributed by atoms with Crippen molar-refractivity contribution in [1.82, 2.24) is 20.6 Å². The fourth-order valence-electron chi connectivity index (χ4n) is 2.32. The number of amides is 2. The van der Waals surface area contributed by atoms with Crippen molar-refractivity contribution in [2.45, 2.75) is 6.92 Å². The second kappa shape index (κ2) is 7.59. The summed E-state index contributed by atoms with van der Waals surface area (Å²) < 4.78 is 1.75. The van der Waals surface area contributed by atoms with Gasteiger partial charge in [0.25, 0.3) is 11.8 Å². The number of hydrazine groups is 1. The summed E-state index contributed by atoms with van der Waals surface area (Å²) >= 11 is 11.8. The van der Waals surface area contributed by atoms with Crippen LogP contribution in [0, 0.1) is 6.92 Å². The number of aromatic nitrogens is 2. The summed E-state index contributed by atoms with van der Waals surface area (Å²) in [5.41, 5.74) is 7.03. The van der Waals surface area contributed by atoms with Crippen molar-refractivity contribution in [3.8, 4) is 5.69 Å². The van der Waals surface area contributed by atoms with Crippen LogP contribution >= 0.6 is 23.2 Å². The third-order valence-corrected chi connectivity index (χ3v) is 4.23. The van der Waals surface area contributed by atoms with Crippen LogP contribution in [0.3, 0.4) is 0 Å². The molecule has 0 unspecified atom stereocenters. The summed E-state index contributed by atoms with van der Waals surface area (Å²) in [6, 6.07) is 13.2. The first-order valence-electron chi connectivity index (χ1n) is 7.62. The van der Waals surface area contributed by atoms with Crippen LogP contribution in [0.4, 0.5) is 0 Å². The molecule has 8 heteroatoms. The Morgan fingerprint density at radius 3 is 2.31 bits per heavy atom. The molecular formula is C18H14Cl2N4O2. The molecular weight excluding hydrogens is 375 g/mol. The highest BCUT2D eigenvalue weighted by molar-refractivity contribution is 6.35. The summed E-state index contributed by atoms with van der Waals surface area (Å²) in [6.07, 6.45) is 1.70. The van der Waals surface area contributed by atoms with E-state index in [1.165, 1.54) is 12.1 Å². The van der Waals surface area contributed by atoms with E-state index in [9.17, 15) is 9.59 Å². The molecule has 0 saturated heterocycles. The van der Waals surface area contributed by atoms with Gasteiger partial charge in [0.1, 0.15) is 0 Å². The average Bonchev–Trinajstić information content (AvgIpc) is 3.07. The SMILES string of the molecule is Cc1ccnn1-c1ccc(C(=O)NNC(=O)c2cc(Cl)ccc2Cl)cc1. The van der Waals surface area contributed by atoms with Gasteiger partial charge in [-0.15, -0.1) is 0 Å². The number of benzene rings is 2. The molecule has 0 radical (unpaired) electrons. The van der Waals surface area contributed by atoms with Crippen LogP contribution in [-0.4, -0.2) is 21.6 Å². The quantitative estimate of drug-likeness (QED) is 0.673. The molecule has 0 aliphatic heterocycles. The van der Waals surface area contributed by atoms with Crippen LogP contribution in [0.25, 0.3) is 5.69 Å². The van der Waals surface area contributed by atoms with Crippen molar-refractivity contribution < 1.29 is 9.59 Å². The lowest BCUT2D eigenvalue weighted by molar-refractivity contribution is 0.0847. The number of aryl methyl sites for hydroxylation is 1. The normalized spacial score (nSPS) is 10.4. The maximum Gasteiger partial charge on any atom is 0.271 e. The van der Waals surface area contributed by atoms with E-state index in [4.69, 9.17) is 23.2 Å². The van der Waals surface area contributed by atoms with E-state index in [-0.39, 0.29) is 10.6 Å². The highest BCUT2D eigenvalue weighted by atomic mass is 35.5. The van der Waals surface area contributed by atoms with E-state index in [1.807, 2.05) is 13.0 Å². The maximum atomic E-state index is 12.2. The van der Waals surface area contributed by atoms with Gasteiger partial charge in [0.2, 0.25) is 0 Å². The van der Waals surface area contributed by atoms with Crippen LogP contribution in [-0.2, 0) is 0 Å². The Bertz CT molecular complexity index is 968. The summed E-state index contributed by atoms with van der Waals surface area (Å²) in [6.45, 7) is 1.93. The van der Waals surface area contributed by atoms with Crippen LogP contribution in [0.5, 0.6) is 0 Å². The van der Waals surface area contributed by atoms with Crippen LogP contribution in [0.1, 0.15) is 26.4 Å². The third-order valence-electron chi connectivity index (χ3n) is 3.67. The Balaban J connectivity index is 1.66. The van der Waals surface area contributed by atoms with E-state index in [2.05, 4.69) is 16.0 Å². The van der Waals surface area contributed by atoms with Crippen molar-refractivity contribution in [3.63, 3.8) is 0 Å². The molecule has 2 aromatic carbocycles. The number of nitrogens with one attached hydrogen (secondary N) is 2. The molecule has 2 N–H and O–H groups in total. The zero-order valence-corrected chi connectivity index (χ0v) is 15.2. The van der Waals surface area contributed by atoms with Gasteiger partial charge in [-0.25, -0.2) is 4.68 Å². The van der Waals surface area contributed by atoms with Gasteiger partial charge in [-0.05, 0) is 55.5 Å². The van der Waals surface area contributed by atoms with Crippen LogP contribution in [0.2, 0.25) is 10.0 Å². The number of nitrogens with zero attached hydrogens (tertiary/aromatic N) is 2. The summed E-state index contributed by atoms with van der Waals surface area (Å²) in [4.78, 5) is 24.3. The van der Waals surface area contributed by atoms with E-state index in [0.29, 0.717) is 10.6 Å². The zero-order valence-electron chi connectivity index (χ0n) is 13.7. The number of hydrogen-bond donors (Lipinski definition) is 2. The lowest BCUT2D eigenvalue weighted by Gasteiger charge is -2.10. The molecule has 2 amide bonds. The topological polar surface area (TPSA) is 76.0 Å². The predicted octanol–water partition coefficient (Wildman–Crippen LogP) is 3.56. The van der Waals surface area contributed by atoms with Gasteiger partial charge in [0.15, 0.2) is 0 Å². The van der Waals surface area contributed by atoms with E-state index in [1.54, 1.807) is 41.2 Å². The van der Waals surface area contributed by atoms with Crippen molar-refractivity contribution in [1.29, 1.82) is 0 Å². The minimum absolute atomic E-state index is 0.170. The van der Waals surface area contributed by atoms with Gasteiger partial charge in [0, 0.05) is 22.5 Å². The molecule has 3 rings (SSSR count). The van der Waals surface area contributed by atoms with E-state index in [0.717, 1.165) is 11.4 Å². The minimum Gasteiger partial charge on any atom is -0.267 e. The highest BCUT2D eigenvalue weighted by Crippen LogP contribution is 2.20. The molecule has 1 aromatic heterocycles. The van der Waals surface area contributed by atoms with Gasteiger partial charge in [-0.3, -0.25) is 20.4 Å². The van der Waals surface area contributed by atoms with Gasteiger partial charge in [-0.1, -0.05) is 23.2 Å². The van der Waals surface area contributed by atoms with Gasteiger partial charge < -0.3 is 0 Å². The second-order valence-electron chi connectivity index (χ2n) is 5.46. The Kier molecular flexibility index (Phi) is 5.25. The number of halogens is 2. The Morgan fingerprint density at radius 2 is 1.65 bits per heavy atom. The van der Waals surface area contributed by atoms with Gasteiger partial charge in [-0.2, -0.15) is 5.10 Å². The molecule has 3 aromatic rings. The highest BCUT2D eigenvalue weighted by Gasteiger charge is 2.13. The van der Waals surface area contributed by atoms with Crippen LogP contribution < -0.4 is 10.9 Å². The third kappa shape index (κ3) is 3.87. The molecule has 0 saturated carbocycles. The molecule has 6 nitrogen and oxygen atoms in total. The lowest BCUT2D eigenvalue weighted by atomic mass is 10.2. The summed E-state index contributed by atoms with van der Waals surface area (Å²) in [7, 11) is 0. The van der Waals surface area contributed by atoms with E-state index < -0.39 is 11.8 Å². The second-order valence-corrected chi connectivity index (χ2v) is 6.31. The molecule has 0 atom stereocenters. The first kappa shape index (κ1) is 18.0.